The minimum absolute atomic E-state index is 0.450. The van der Waals surface area contributed by atoms with Gasteiger partial charge in [-0.1, -0.05) is 30.3 Å². The van der Waals surface area contributed by atoms with Crippen molar-refractivity contribution in [2.24, 2.45) is 0 Å². The summed E-state index contributed by atoms with van der Waals surface area (Å²) in [7, 11) is 0. The standard InChI is InChI=1S/C29H33N9O/c1-2-5-22(6-3-1)17-23-18-31-28(32-19-23)37-13-15-38(16-14-37)29-34-21-33-27(36-29)35-24-8-10-26(11-9-24)39-20-25-7-4-12-30-25/h1-3,5-6,8-11,18-19,21,25,30H,4,7,12-17,20H2,(H,33,34,35,36)/t25-/m1/s1. The van der Waals surface area contributed by atoms with Gasteiger partial charge in [0.25, 0.3) is 0 Å². The maximum Gasteiger partial charge on any atom is 0.231 e. The zero-order chi connectivity index (χ0) is 26.3. The van der Waals surface area contributed by atoms with E-state index in [-0.39, 0.29) is 0 Å². The van der Waals surface area contributed by atoms with Crippen LogP contribution in [-0.2, 0) is 6.42 Å². The van der Waals surface area contributed by atoms with Crippen molar-refractivity contribution in [3.05, 3.63) is 84.4 Å². The number of ether oxygens (including phenoxy) is 1. The van der Waals surface area contributed by atoms with Gasteiger partial charge < -0.3 is 25.2 Å². The maximum atomic E-state index is 5.91. The fourth-order valence-corrected chi connectivity index (χ4v) is 4.90. The molecule has 0 bridgehead atoms. The SMILES string of the molecule is c1ccc(Cc2cnc(N3CCN(c4ncnc(Nc5ccc(OC[C@H]6CCCN6)cc5)n4)CC3)nc2)cc1. The van der Waals surface area contributed by atoms with Crippen molar-refractivity contribution < 1.29 is 4.74 Å². The molecule has 10 heteroatoms. The van der Waals surface area contributed by atoms with Crippen molar-refractivity contribution in [2.75, 3.05) is 54.4 Å². The van der Waals surface area contributed by atoms with E-state index in [0.717, 1.165) is 62.1 Å². The Balaban J connectivity index is 1.00. The van der Waals surface area contributed by atoms with Gasteiger partial charge in [-0.25, -0.2) is 19.9 Å². The third kappa shape index (κ3) is 6.58. The quantitative estimate of drug-likeness (QED) is 0.339. The molecule has 2 saturated heterocycles. The molecule has 0 radical (unpaired) electrons. The van der Waals surface area contributed by atoms with Crippen LogP contribution >= 0.6 is 0 Å². The zero-order valence-electron chi connectivity index (χ0n) is 21.9. The first-order chi connectivity index (χ1) is 19.3. The fraction of sp³-hybridized carbons (Fsp3) is 0.345. The van der Waals surface area contributed by atoms with E-state index in [4.69, 9.17) is 4.74 Å². The predicted octanol–water partition coefficient (Wildman–Crippen LogP) is 3.45. The normalized spacial score (nSPS) is 17.3. The van der Waals surface area contributed by atoms with Crippen LogP contribution in [0.2, 0.25) is 0 Å². The molecule has 10 nitrogen and oxygen atoms in total. The van der Waals surface area contributed by atoms with E-state index >= 15 is 0 Å². The average molecular weight is 524 g/mol. The van der Waals surface area contributed by atoms with Gasteiger partial charge in [-0.2, -0.15) is 4.98 Å². The summed E-state index contributed by atoms with van der Waals surface area (Å²) < 4.78 is 5.91. The highest BCUT2D eigenvalue weighted by atomic mass is 16.5. The number of rotatable bonds is 9. The van der Waals surface area contributed by atoms with Gasteiger partial charge in [0.2, 0.25) is 17.8 Å². The van der Waals surface area contributed by atoms with E-state index in [1.807, 2.05) is 42.7 Å². The topological polar surface area (TPSA) is 104 Å². The Labute approximate surface area is 228 Å². The summed E-state index contributed by atoms with van der Waals surface area (Å²) in [6.45, 7) is 4.93. The summed E-state index contributed by atoms with van der Waals surface area (Å²) in [5, 5.41) is 6.73. The monoisotopic (exact) mass is 523 g/mol. The van der Waals surface area contributed by atoms with E-state index in [0.29, 0.717) is 24.5 Å². The molecule has 200 valence electrons. The van der Waals surface area contributed by atoms with Crippen molar-refractivity contribution in [2.45, 2.75) is 25.3 Å². The molecule has 1 atom stereocenters. The van der Waals surface area contributed by atoms with Crippen LogP contribution in [0.3, 0.4) is 0 Å². The summed E-state index contributed by atoms with van der Waals surface area (Å²) in [4.78, 5) is 27.0. The molecule has 0 spiro atoms. The molecular formula is C29H33N9O. The van der Waals surface area contributed by atoms with Crippen LogP contribution in [0, 0.1) is 0 Å². The molecule has 2 N–H and O–H groups in total. The minimum atomic E-state index is 0.450. The molecule has 2 fully saturated rings. The lowest BCUT2D eigenvalue weighted by molar-refractivity contribution is 0.277. The Hall–Kier alpha value is -4.31. The zero-order valence-corrected chi connectivity index (χ0v) is 21.9. The number of anilines is 4. The number of hydrogen-bond acceptors (Lipinski definition) is 10. The third-order valence-corrected chi connectivity index (χ3v) is 7.07. The second-order valence-corrected chi connectivity index (χ2v) is 9.89. The van der Waals surface area contributed by atoms with Crippen LogP contribution in [0.1, 0.15) is 24.0 Å². The molecule has 0 aliphatic carbocycles. The summed E-state index contributed by atoms with van der Waals surface area (Å²) in [5.74, 6) is 2.80. The van der Waals surface area contributed by atoms with Crippen LogP contribution in [0.15, 0.2) is 73.3 Å². The van der Waals surface area contributed by atoms with Crippen molar-refractivity contribution in [1.29, 1.82) is 0 Å². The van der Waals surface area contributed by atoms with Crippen LogP contribution in [-0.4, -0.2) is 70.3 Å². The predicted molar refractivity (Wildman–Crippen MR) is 152 cm³/mol. The van der Waals surface area contributed by atoms with Crippen LogP contribution in [0.5, 0.6) is 5.75 Å². The van der Waals surface area contributed by atoms with E-state index in [9.17, 15) is 0 Å². The number of nitrogens with zero attached hydrogens (tertiary/aromatic N) is 7. The fourth-order valence-electron chi connectivity index (χ4n) is 4.90. The average Bonchev–Trinajstić information content (AvgIpc) is 3.52. The lowest BCUT2D eigenvalue weighted by Gasteiger charge is -2.34. The van der Waals surface area contributed by atoms with E-state index < -0.39 is 0 Å². The molecule has 6 rings (SSSR count). The molecule has 4 aromatic rings. The Kier molecular flexibility index (Phi) is 7.71. The largest absolute Gasteiger partial charge is 0.492 e. The number of hydrogen-bond donors (Lipinski definition) is 2. The second-order valence-electron chi connectivity index (χ2n) is 9.89. The second kappa shape index (κ2) is 12.0. The van der Waals surface area contributed by atoms with Gasteiger partial charge in [0.1, 0.15) is 18.7 Å². The summed E-state index contributed by atoms with van der Waals surface area (Å²) >= 11 is 0. The molecular weight excluding hydrogens is 490 g/mol. The Morgan fingerprint density at radius 3 is 2.28 bits per heavy atom. The van der Waals surface area contributed by atoms with Gasteiger partial charge in [-0.05, 0) is 54.8 Å². The maximum absolute atomic E-state index is 5.91. The van der Waals surface area contributed by atoms with Gasteiger partial charge in [-0.15, -0.1) is 0 Å². The number of nitrogens with one attached hydrogen (secondary N) is 2. The van der Waals surface area contributed by atoms with Crippen molar-refractivity contribution in [3.8, 4) is 5.75 Å². The van der Waals surface area contributed by atoms with Gasteiger partial charge >= 0.3 is 0 Å². The lowest BCUT2D eigenvalue weighted by Crippen LogP contribution is -2.47. The molecule has 2 aliphatic heterocycles. The van der Waals surface area contributed by atoms with Gasteiger partial charge in [-0.3, -0.25) is 0 Å². The molecule has 39 heavy (non-hydrogen) atoms. The third-order valence-electron chi connectivity index (χ3n) is 7.07. The van der Waals surface area contributed by atoms with Gasteiger partial charge in [0.15, 0.2) is 0 Å². The highest BCUT2D eigenvalue weighted by molar-refractivity contribution is 5.55. The first-order valence-electron chi connectivity index (χ1n) is 13.6. The number of benzene rings is 2. The van der Waals surface area contributed by atoms with Crippen LogP contribution < -0.4 is 25.2 Å². The molecule has 0 amide bonds. The molecule has 4 heterocycles. The van der Waals surface area contributed by atoms with Crippen LogP contribution in [0.4, 0.5) is 23.5 Å². The van der Waals surface area contributed by atoms with Crippen molar-refractivity contribution >= 4 is 23.5 Å². The highest BCUT2D eigenvalue weighted by Gasteiger charge is 2.21. The highest BCUT2D eigenvalue weighted by Crippen LogP contribution is 2.21. The minimum Gasteiger partial charge on any atom is -0.492 e. The first-order valence-corrected chi connectivity index (χ1v) is 13.6. The molecule has 2 aliphatic rings. The molecule has 0 unspecified atom stereocenters. The van der Waals surface area contributed by atoms with Crippen molar-refractivity contribution in [1.82, 2.24) is 30.2 Å². The molecule has 2 aromatic heterocycles. The molecule has 2 aromatic carbocycles. The summed E-state index contributed by atoms with van der Waals surface area (Å²) in [6, 6.07) is 18.7. The summed E-state index contributed by atoms with van der Waals surface area (Å²) in [5.41, 5.74) is 3.26. The smallest absolute Gasteiger partial charge is 0.231 e. The lowest BCUT2D eigenvalue weighted by atomic mass is 10.1. The summed E-state index contributed by atoms with van der Waals surface area (Å²) in [6.07, 6.45) is 8.64. The Morgan fingerprint density at radius 2 is 1.56 bits per heavy atom. The van der Waals surface area contributed by atoms with Crippen molar-refractivity contribution in [3.63, 3.8) is 0 Å². The van der Waals surface area contributed by atoms with E-state index in [1.54, 1.807) is 6.33 Å². The van der Waals surface area contributed by atoms with Gasteiger partial charge in [0.05, 0.1) is 0 Å². The van der Waals surface area contributed by atoms with Gasteiger partial charge in [0, 0.05) is 56.7 Å². The number of aromatic nitrogens is 5. The molecule has 0 saturated carbocycles. The number of piperazine rings is 1. The van der Waals surface area contributed by atoms with E-state index in [1.165, 1.54) is 18.4 Å². The van der Waals surface area contributed by atoms with Crippen LogP contribution in [0.25, 0.3) is 0 Å². The Morgan fingerprint density at radius 1 is 0.821 bits per heavy atom. The Bertz CT molecular complexity index is 1320. The van der Waals surface area contributed by atoms with E-state index in [2.05, 4.69) is 69.6 Å². The first kappa shape index (κ1) is 25.0.